The van der Waals surface area contributed by atoms with Crippen LogP contribution in [0.5, 0.6) is 5.88 Å². The number of benzene rings is 2. The normalized spacial score (nSPS) is 10.6. The van der Waals surface area contributed by atoms with Crippen molar-refractivity contribution in [2.45, 2.75) is 20.0 Å². The molecule has 2 heterocycles. The van der Waals surface area contributed by atoms with Gasteiger partial charge in [-0.25, -0.2) is 4.98 Å². The van der Waals surface area contributed by atoms with Crippen molar-refractivity contribution < 1.29 is 9.53 Å². The van der Waals surface area contributed by atoms with Crippen molar-refractivity contribution in [3.63, 3.8) is 0 Å². The molecule has 30 heavy (non-hydrogen) atoms. The summed E-state index contributed by atoms with van der Waals surface area (Å²) in [5.74, 6) is 0.665. The molecule has 0 aliphatic rings. The van der Waals surface area contributed by atoms with Crippen LogP contribution < -0.4 is 4.74 Å². The number of carbonyl (C=O) groups excluding carboxylic acids is 1. The first-order chi connectivity index (χ1) is 14.7. The summed E-state index contributed by atoms with van der Waals surface area (Å²) in [5.41, 5.74) is 5.60. The Kier molecular flexibility index (Phi) is 5.95. The van der Waals surface area contributed by atoms with Crippen molar-refractivity contribution in [2.24, 2.45) is 0 Å². The summed E-state index contributed by atoms with van der Waals surface area (Å²) in [4.78, 5) is 21.1. The molecule has 0 radical (unpaired) electrons. The van der Waals surface area contributed by atoms with Crippen LogP contribution in [-0.4, -0.2) is 15.8 Å². The maximum absolute atomic E-state index is 12.6. The minimum absolute atomic E-state index is 0.0709. The number of ether oxygens (including phenoxy) is 1. The number of pyridine rings is 2. The maximum Gasteiger partial charge on any atom is 0.221 e. The molecule has 148 valence electrons. The summed E-state index contributed by atoms with van der Waals surface area (Å²) in [6.07, 6.45) is 5.41. The fraction of sp³-hybridized carbons (Fsp3) is 0.115. The molecule has 4 heteroatoms. The number of aryl methyl sites for hydroxylation is 1. The summed E-state index contributed by atoms with van der Waals surface area (Å²) >= 11 is 0. The average molecular weight is 394 g/mol. The molecule has 0 amide bonds. The first-order valence-corrected chi connectivity index (χ1v) is 9.85. The van der Waals surface area contributed by atoms with E-state index in [0.29, 0.717) is 24.5 Å². The fourth-order valence-electron chi connectivity index (χ4n) is 3.29. The van der Waals surface area contributed by atoms with Crippen molar-refractivity contribution >= 4 is 5.78 Å². The average Bonchev–Trinajstić information content (AvgIpc) is 2.79. The first kappa shape index (κ1) is 19.5. The van der Waals surface area contributed by atoms with Crippen LogP contribution in [0.4, 0.5) is 0 Å². The molecule has 0 aliphatic heterocycles. The van der Waals surface area contributed by atoms with Crippen LogP contribution in [0.1, 0.15) is 27.0 Å². The van der Waals surface area contributed by atoms with Crippen molar-refractivity contribution in [3.05, 3.63) is 114 Å². The van der Waals surface area contributed by atoms with Crippen LogP contribution in [0, 0.1) is 6.92 Å². The fourth-order valence-corrected chi connectivity index (χ4v) is 3.29. The summed E-state index contributed by atoms with van der Waals surface area (Å²) in [5, 5.41) is 0. The van der Waals surface area contributed by atoms with E-state index in [4.69, 9.17) is 4.74 Å². The van der Waals surface area contributed by atoms with Gasteiger partial charge in [-0.15, -0.1) is 0 Å². The molecular weight excluding hydrogens is 372 g/mol. The molecule has 0 bridgehead atoms. The molecule has 2 aromatic heterocycles. The van der Waals surface area contributed by atoms with Gasteiger partial charge in [-0.1, -0.05) is 54.6 Å². The molecule has 0 spiro atoms. The molecule has 4 nitrogen and oxygen atoms in total. The summed E-state index contributed by atoms with van der Waals surface area (Å²) in [6.45, 7) is 2.39. The highest BCUT2D eigenvalue weighted by atomic mass is 16.5. The van der Waals surface area contributed by atoms with Crippen molar-refractivity contribution in [3.8, 4) is 17.0 Å². The standard InChI is InChI=1S/C26H22N2O2/c1-19-13-15-27-17-24(19)25(29)16-20-9-11-22(12-10-20)23-8-5-14-28-26(23)30-18-21-6-3-2-4-7-21/h2-15,17H,16,18H2,1H3. The number of hydrogen-bond acceptors (Lipinski definition) is 4. The van der Waals surface area contributed by atoms with E-state index >= 15 is 0 Å². The maximum atomic E-state index is 12.6. The van der Waals surface area contributed by atoms with E-state index in [9.17, 15) is 4.79 Å². The van der Waals surface area contributed by atoms with Crippen LogP contribution in [0.15, 0.2) is 91.4 Å². The molecule has 0 N–H and O–H groups in total. The van der Waals surface area contributed by atoms with Gasteiger partial charge in [-0.2, -0.15) is 0 Å². The van der Waals surface area contributed by atoms with Gasteiger partial charge < -0.3 is 4.74 Å². The molecule has 0 saturated heterocycles. The number of rotatable bonds is 7. The van der Waals surface area contributed by atoms with Crippen LogP contribution >= 0.6 is 0 Å². The highest BCUT2D eigenvalue weighted by molar-refractivity contribution is 5.98. The quantitative estimate of drug-likeness (QED) is 0.391. The second-order valence-electron chi connectivity index (χ2n) is 7.12. The van der Waals surface area contributed by atoms with Gasteiger partial charge in [0.1, 0.15) is 6.61 Å². The Bertz CT molecular complexity index is 1140. The van der Waals surface area contributed by atoms with Crippen LogP contribution in [0.3, 0.4) is 0 Å². The lowest BCUT2D eigenvalue weighted by molar-refractivity contribution is 0.0992. The highest BCUT2D eigenvalue weighted by Crippen LogP contribution is 2.28. The Morgan fingerprint density at radius 2 is 1.67 bits per heavy atom. The molecule has 0 aliphatic carbocycles. The van der Waals surface area contributed by atoms with Crippen LogP contribution in [0.25, 0.3) is 11.1 Å². The van der Waals surface area contributed by atoms with Crippen molar-refractivity contribution in [1.29, 1.82) is 0 Å². The predicted molar refractivity (Wildman–Crippen MR) is 117 cm³/mol. The van der Waals surface area contributed by atoms with Gasteiger partial charge in [0.15, 0.2) is 5.78 Å². The van der Waals surface area contributed by atoms with Crippen molar-refractivity contribution in [2.75, 3.05) is 0 Å². The van der Waals surface area contributed by atoms with Gasteiger partial charge in [0.25, 0.3) is 0 Å². The van der Waals surface area contributed by atoms with E-state index in [1.54, 1.807) is 18.6 Å². The monoisotopic (exact) mass is 394 g/mol. The second-order valence-corrected chi connectivity index (χ2v) is 7.12. The van der Waals surface area contributed by atoms with Crippen molar-refractivity contribution in [1.82, 2.24) is 9.97 Å². The number of ketones is 1. The van der Waals surface area contributed by atoms with E-state index in [-0.39, 0.29) is 5.78 Å². The predicted octanol–water partition coefficient (Wildman–Crippen LogP) is 5.46. The van der Waals surface area contributed by atoms with Crippen LogP contribution in [-0.2, 0) is 13.0 Å². The van der Waals surface area contributed by atoms with Gasteiger partial charge >= 0.3 is 0 Å². The molecule has 4 rings (SSSR count). The molecule has 2 aromatic carbocycles. The highest BCUT2D eigenvalue weighted by Gasteiger charge is 2.12. The van der Waals surface area contributed by atoms with Crippen LogP contribution in [0.2, 0.25) is 0 Å². The lowest BCUT2D eigenvalue weighted by atomic mass is 9.99. The first-order valence-electron chi connectivity index (χ1n) is 9.85. The lowest BCUT2D eigenvalue weighted by Gasteiger charge is -2.11. The largest absolute Gasteiger partial charge is 0.472 e. The van der Waals surface area contributed by atoms with E-state index in [1.807, 2.05) is 79.7 Å². The minimum Gasteiger partial charge on any atom is -0.472 e. The molecule has 4 aromatic rings. The van der Waals surface area contributed by atoms with E-state index in [2.05, 4.69) is 9.97 Å². The number of nitrogens with zero attached hydrogens (tertiary/aromatic N) is 2. The Morgan fingerprint density at radius 1 is 0.867 bits per heavy atom. The van der Waals surface area contributed by atoms with Gasteiger partial charge in [0.05, 0.1) is 0 Å². The zero-order chi connectivity index (χ0) is 20.8. The van der Waals surface area contributed by atoms with Gasteiger partial charge in [-0.05, 0) is 47.4 Å². The lowest BCUT2D eigenvalue weighted by Crippen LogP contribution is -2.06. The summed E-state index contributed by atoms with van der Waals surface area (Å²) in [7, 11) is 0. The Morgan fingerprint density at radius 3 is 2.43 bits per heavy atom. The Labute approximate surface area is 176 Å². The molecular formula is C26H22N2O2. The number of carbonyl (C=O) groups is 1. The summed E-state index contributed by atoms with van der Waals surface area (Å²) < 4.78 is 5.97. The molecule has 0 atom stereocenters. The van der Waals surface area contributed by atoms with E-state index in [1.165, 1.54) is 0 Å². The zero-order valence-corrected chi connectivity index (χ0v) is 16.8. The third-order valence-electron chi connectivity index (χ3n) is 4.96. The van der Waals surface area contributed by atoms with Gasteiger partial charge in [0, 0.05) is 36.1 Å². The zero-order valence-electron chi connectivity index (χ0n) is 16.8. The summed E-state index contributed by atoms with van der Waals surface area (Å²) in [6, 6.07) is 23.7. The third-order valence-corrected chi connectivity index (χ3v) is 4.96. The Hall–Kier alpha value is -3.79. The van der Waals surface area contributed by atoms with E-state index < -0.39 is 0 Å². The molecule has 0 fully saturated rings. The smallest absolute Gasteiger partial charge is 0.221 e. The SMILES string of the molecule is Cc1ccncc1C(=O)Cc1ccc(-c2cccnc2OCc2ccccc2)cc1. The Balaban J connectivity index is 1.49. The van der Waals surface area contributed by atoms with E-state index in [0.717, 1.165) is 27.8 Å². The van der Waals surface area contributed by atoms with Gasteiger partial charge in [0.2, 0.25) is 5.88 Å². The van der Waals surface area contributed by atoms with Gasteiger partial charge in [-0.3, -0.25) is 9.78 Å². The molecule has 0 saturated carbocycles. The number of aromatic nitrogens is 2. The number of Topliss-reactive ketones (excluding diaryl/α,β-unsaturated/α-hetero) is 1. The topological polar surface area (TPSA) is 52.1 Å². The molecule has 0 unspecified atom stereocenters. The second kappa shape index (κ2) is 9.14. The third kappa shape index (κ3) is 4.61. The minimum atomic E-state index is 0.0709. The number of hydrogen-bond donors (Lipinski definition) is 0.